The van der Waals surface area contributed by atoms with Gasteiger partial charge in [-0.2, -0.15) is 5.10 Å². The van der Waals surface area contributed by atoms with E-state index < -0.39 is 0 Å². The number of carbonyl (C=O) groups excluding carboxylic acids is 2. The van der Waals surface area contributed by atoms with Crippen molar-refractivity contribution in [3.63, 3.8) is 0 Å². The summed E-state index contributed by atoms with van der Waals surface area (Å²) in [6, 6.07) is 11.9. The van der Waals surface area contributed by atoms with Gasteiger partial charge in [0.25, 0.3) is 11.8 Å². The van der Waals surface area contributed by atoms with Gasteiger partial charge in [-0.05, 0) is 55.6 Å². The molecule has 4 rings (SSSR count). The van der Waals surface area contributed by atoms with E-state index in [1.165, 1.54) is 17.5 Å². The van der Waals surface area contributed by atoms with Gasteiger partial charge >= 0.3 is 0 Å². The number of amides is 2. The first-order valence-electron chi connectivity index (χ1n) is 9.58. The summed E-state index contributed by atoms with van der Waals surface area (Å²) in [5.74, 6) is -0.529. The first-order valence-corrected chi connectivity index (χ1v) is 10.5. The predicted molar refractivity (Wildman–Crippen MR) is 114 cm³/mol. The number of aromatic amines is 1. The number of hydrogen-bond donors (Lipinski definition) is 3. The van der Waals surface area contributed by atoms with Gasteiger partial charge in [-0.15, -0.1) is 11.3 Å². The summed E-state index contributed by atoms with van der Waals surface area (Å²) in [4.78, 5) is 28.1. The minimum Gasteiger partial charge on any atom is -0.348 e. The number of carbonyl (C=O) groups is 2. The van der Waals surface area contributed by atoms with Gasteiger partial charge in [-0.3, -0.25) is 14.7 Å². The molecule has 1 aromatic carbocycles. The SMILES string of the molecule is CN1CCC(NC(=O)c2n[nH]cc2NC(=O)c2cc(-c3ccccc3)cs2)CC1. The Morgan fingerprint density at radius 1 is 1.14 bits per heavy atom. The van der Waals surface area contributed by atoms with Crippen molar-refractivity contribution in [3.05, 3.63) is 58.5 Å². The normalized spacial score (nSPS) is 15.2. The van der Waals surface area contributed by atoms with Gasteiger partial charge in [0, 0.05) is 12.2 Å². The summed E-state index contributed by atoms with van der Waals surface area (Å²) < 4.78 is 0. The Kier molecular flexibility index (Phi) is 5.73. The number of benzene rings is 1. The molecule has 2 aromatic heterocycles. The molecule has 1 saturated heterocycles. The number of anilines is 1. The van der Waals surface area contributed by atoms with Crippen molar-refractivity contribution in [2.24, 2.45) is 0 Å². The number of aromatic nitrogens is 2. The van der Waals surface area contributed by atoms with Crippen LogP contribution in [0.1, 0.15) is 33.0 Å². The lowest BCUT2D eigenvalue weighted by atomic mass is 10.1. The number of piperidine rings is 1. The van der Waals surface area contributed by atoms with Gasteiger partial charge in [0.2, 0.25) is 0 Å². The second-order valence-corrected chi connectivity index (χ2v) is 8.13. The van der Waals surface area contributed by atoms with E-state index in [4.69, 9.17) is 0 Å². The van der Waals surface area contributed by atoms with Crippen LogP contribution in [0.15, 0.2) is 48.0 Å². The van der Waals surface area contributed by atoms with E-state index >= 15 is 0 Å². The average Bonchev–Trinajstić information content (AvgIpc) is 3.40. The maximum absolute atomic E-state index is 12.7. The number of nitrogens with one attached hydrogen (secondary N) is 3. The third-order valence-corrected chi connectivity index (χ3v) is 6.02. The highest BCUT2D eigenvalue weighted by Crippen LogP contribution is 2.26. The molecule has 3 heterocycles. The molecule has 29 heavy (non-hydrogen) atoms. The van der Waals surface area contributed by atoms with Crippen molar-refractivity contribution in [1.82, 2.24) is 20.4 Å². The molecule has 0 bridgehead atoms. The fraction of sp³-hybridized carbons (Fsp3) is 0.286. The van der Waals surface area contributed by atoms with Crippen LogP contribution in [0, 0.1) is 0 Å². The largest absolute Gasteiger partial charge is 0.348 e. The summed E-state index contributed by atoms with van der Waals surface area (Å²) >= 11 is 1.37. The van der Waals surface area contributed by atoms with Crippen LogP contribution in [0.5, 0.6) is 0 Å². The van der Waals surface area contributed by atoms with E-state index in [0.717, 1.165) is 37.1 Å². The van der Waals surface area contributed by atoms with E-state index in [9.17, 15) is 9.59 Å². The molecule has 0 aliphatic carbocycles. The van der Waals surface area contributed by atoms with Crippen LogP contribution in [0.3, 0.4) is 0 Å². The van der Waals surface area contributed by atoms with Gasteiger partial charge in [0.15, 0.2) is 5.69 Å². The molecule has 0 spiro atoms. The molecule has 1 aliphatic heterocycles. The van der Waals surface area contributed by atoms with Crippen LogP contribution in [0.2, 0.25) is 0 Å². The number of likely N-dealkylation sites (tertiary alicyclic amines) is 1. The van der Waals surface area contributed by atoms with Crippen molar-refractivity contribution in [2.45, 2.75) is 18.9 Å². The molecule has 7 nitrogen and oxygen atoms in total. The van der Waals surface area contributed by atoms with E-state index in [1.807, 2.05) is 41.8 Å². The van der Waals surface area contributed by atoms with Crippen molar-refractivity contribution in [1.29, 1.82) is 0 Å². The predicted octanol–water partition coefficient (Wildman–Crippen LogP) is 3.21. The van der Waals surface area contributed by atoms with E-state index in [-0.39, 0.29) is 23.6 Å². The van der Waals surface area contributed by atoms with Crippen LogP contribution >= 0.6 is 11.3 Å². The van der Waals surface area contributed by atoms with Crippen LogP contribution < -0.4 is 10.6 Å². The summed E-state index contributed by atoms with van der Waals surface area (Å²) in [5.41, 5.74) is 2.64. The van der Waals surface area contributed by atoms with Crippen molar-refractivity contribution >= 4 is 28.8 Å². The second kappa shape index (κ2) is 8.59. The van der Waals surface area contributed by atoms with E-state index in [1.54, 1.807) is 0 Å². The lowest BCUT2D eigenvalue weighted by Gasteiger charge is -2.29. The number of nitrogens with zero attached hydrogens (tertiary/aromatic N) is 2. The lowest BCUT2D eigenvalue weighted by Crippen LogP contribution is -2.43. The van der Waals surface area contributed by atoms with E-state index in [0.29, 0.717) is 10.6 Å². The monoisotopic (exact) mass is 409 g/mol. The van der Waals surface area contributed by atoms with Gasteiger partial charge in [0.1, 0.15) is 0 Å². The fourth-order valence-corrected chi connectivity index (χ4v) is 4.20. The molecule has 150 valence electrons. The zero-order valence-corrected chi connectivity index (χ0v) is 17.0. The van der Waals surface area contributed by atoms with Gasteiger partial charge in [0.05, 0.1) is 10.6 Å². The third-order valence-electron chi connectivity index (χ3n) is 5.09. The van der Waals surface area contributed by atoms with Crippen LogP contribution in [-0.2, 0) is 0 Å². The van der Waals surface area contributed by atoms with Crippen molar-refractivity contribution in [2.75, 3.05) is 25.5 Å². The Hall–Kier alpha value is -2.97. The van der Waals surface area contributed by atoms with Gasteiger partial charge in [-0.1, -0.05) is 30.3 Å². The molecule has 0 radical (unpaired) electrons. The fourth-order valence-electron chi connectivity index (χ4n) is 3.39. The lowest BCUT2D eigenvalue weighted by molar-refractivity contribution is 0.0912. The quantitative estimate of drug-likeness (QED) is 0.604. The molecular formula is C21H23N5O2S. The molecule has 0 unspecified atom stereocenters. The maximum Gasteiger partial charge on any atom is 0.274 e. The minimum atomic E-state index is -0.271. The Bertz CT molecular complexity index is 989. The molecule has 3 N–H and O–H groups in total. The first kappa shape index (κ1) is 19.4. The molecule has 2 amide bonds. The zero-order chi connectivity index (χ0) is 20.2. The highest BCUT2D eigenvalue weighted by atomic mass is 32.1. The molecule has 0 saturated carbocycles. The Balaban J connectivity index is 1.41. The molecule has 3 aromatic rings. The van der Waals surface area contributed by atoms with E-state index in [2.05, 4.69) is 32.8 Å². The molecule has 1 fully saturated rings. The van der Waals surface area contributed by atoms with Crippen LogP contribution in [0.4, 0.5) is 5.69 Å². The standard InChI is InChI=1S/C21H23N5O2S/c1-26-9-7-16(8-10-26)23-21(28)19-17(12-22-25-19)24-20(27)18-11-15(13-29-18)14-5-3-2-4-6-14/h2-6,11-13,16H,7-10H2,1H3,(H,22,25)(H,23,28)(H,24,27). The topological polar surface area (TPSA) is 90.1 Å². The molecule has 0 atom stereocenters. The minimum absolute atomic E-state index is 0.129. The van der Waals surface area contributed by atoms with Crippen LogP contribution in [-0.4, -0.2) is 53.1 Å². The Morgan fingerprint density at radius 2 is 1.90 bits per heavy atom. The number of hydrogen-bond acceptors (Lipinski definition) is 5. The highest BCUT2D eigenvalue weighted by Gasteiger charge is 2.23. The number of rotatable bonds is 5. The second-order valence-electron chi connectivity index (χ2n) is 7.22. The number of thiophene rings is 1. The average molecular weight is 410 g/mol. The molecule has 8 heteroatoms. The van der Waals surface area contributed by atoms with Crippen LogP contribution in [0.25, 0.3) is 11.1 Å². The maximum atomic E-state index is 12.7. The van der Waals surface area contributed by atoms with Gasteiger partial charge in [-0.25, -0.2) is 0 Å². The summed E-state index contributed by atoms with van der Waals surface area (Å²) in [6.45, 7) is 1.91. The Labute approximate surface area is 173 Å². The Morgan fingerprint density at radius 3 is 2.66 bits per heavy atom. The van der Waals surface area contributed by atoms with Crippen molar-refractivity contribution in [3.8, 4) is 11.1 Å². The van der Waals surface area contributed by atoms with Crippen molar-refractivity contribution < 1.29 is 9.59 Å². The van der Waals surface area contributed by atoms with Gasteiger partial charge < -0.3 is 15.5 Å². The zero-order valence-electron chi connectivity index (χ0n) is 16.1. The summed E-state index contributed by atoms with van der Waals surface area (Å²) in [6.07, 6.45) is 3.35. The molecule has 1 aliphatic rings. The highest BCUT2D eigenvalue weighted by molar-refractivity contribution is 7.12. The first-order chi connectivity index (χ1) is 14.1. The summed E-state index contributed by atoms with van der Waals surface area (Å²) in [5, 5.41) is 14.5. The number of H-pyrrole nitrogens is 1. The smallest absolute Gasteiger partial charge is 0.274 e. The molecular weight excluding hydrogens is 386 g/mol. The summed E-state index contributed by atoms with van der Waals surface area (Å²) in [7, 11) is 2.08. The third kappa shape index (κ3) is 4.55.